The molecule has 16 heavy (non-hydrogen) atoms. The Morgan fingerprint density at radius 3 is 3.00 bits per heavy atom. The summed E-state index contributed by atoms with van der Waals surface area (Å²) in [5, 5.41) is 0.562. The topological polar surface area (TPSA) is 42.1 Å². The first-order chi connectivity index (χ1) is 7.63. The fourth-order valence-electron chi connectivity index (χ4n) is 2.41. The smallest absolute Gasteiger partial charge is 0.129 e. The average molecular weight is 240 g/mol. The lowest BCUT2D eigenvalue weighted by molar-refractivity contribution is 0.157. The molecule has 2 atom stereocenters. The van der Waals surface area contributed by atoms with Gasteiger partial charge in [0.2, 0.25) is 0 Å². The molecule has 1 aliphatic rings. The Morgan fingerprint density at radius 1 is 1.50 bits per heavy atom. The molecule has 0 radical (unpaired) electrons. The molecule has 0 bridgehead atoms. The molecular formula is C12H18ClN3. The second kappa shape index (κ2) is 5.13. The molecule has 2 rings (SSSR count). The zero-order chi connectivity index (χ0) is 11.5. The highest BCUT2D eigenvalue weighted by Gasteiger charge is 2.22. The molecule has 2 heterocycles. The molecule has 1 aliphatic heterocycles. The van der Waals surface area contributed by atoms with Crippen LogP contribution in [0.5, 0.6) is 0 Å². The Labute approximate surface area is 102 Å². The standard InChI is InChI=1S/C12H18ClN3/c1-9-5-10(14)7-16(6-9)8-11-3-2-4-12(13)15-11/h2-4,9-10H,5-8,14H2,1H3. The number of piperidine rings is 1. The molecule has 0 aromatic carbocycles. The zero-order valence-electron chi connectivity index (χ0n) is 9.56. The molecule has 1 aromatic rings. The average Bonchev–Trinajstić information content (AvgIpc) is 2.15. The Bertz CT molecular complexity index is 346. The predicted octanol–water partition coefficient (Wildman–Crippen LogP) is 1.90. The number of hydrogen-bond donors (Lipinski definition) is 1. The lowest BCUT2D eigenvalue weighted by Crippen LogP contribution is -2.45. The molecule has 3 nitrogen and oxygen atoms in total. The molecule has 4 heteroatoms. The Kier molecular flexibility index (Phi) is 3.79. The molecule has 0 aliphatic carbocycles. The van der Waals surface area contributed by atoms with Crippen LogP contribution in [0.25, 0.3) is 0 Å². The molecule has 88 valence electrons. The molecule has 1 saturated heterocycles. The fourth-order valence-corrected chi connectivity index (χ4v) is 2.59. The second-order valence-electron chi connectivity index (χ2n) is 4.75. The van der Waals surface area contributed by atoms with E-state index in [1.807, 2.05) is 12.1 Å². The van der Waals surface area contributed by atoms with Crippen LogP contribution in [0, 0.1) is 5.92 Å². The zero-order valence-corrected chi connectivity index (χ0v) is 10.3. The molecule has 1 aromatic heterocycles. The van der Waals surface area contributed by atoms with Gasteiger partial charge in [-0.05, 0) is 24.5 Å². The van der Waals surface area contributed by atoms with Crippen molar-refractivity contribution in [2.45, 2.75) is 25.9 Å². The van der Waals surface area contributed by atoms with Gasteiger partial charge in [-0.1, -0.05) is 24.6 Å². The maximum absolute atomic E-state index is 6.01. The van der Waals surface area contributed by atoms with Crippen molar-refractivity contribution in [1.29, 1.82) is 0 Å². The Morgan fingerprint density at radius 2 is 2.31 bits per heavy atom. The van der Waals surface area contributed by atoms with Crippen molar-refractivity contribution in [2.75, 3.05) is 13.1 Å². The van der Waals surface area contributed by atoms with E-state index in [4.69, 9.17) is 17.3 Å². The Balaban J connectivity index is 1.98. The van der Waals surface area contributed by atoms with E-state index >= 15 is 0 Å². The van der Waals surface area contributed by atoms with Gasteiger partial charge in [0.15, 0.2) is 0 Å². The van der Waals surface area contributed by atoms with Crippen LogP contribution in [0.2, 0.25) is 5.15 Å². The summed E-state index contributed by atoms with van der Waals surface area (Å²) in [5.74, 6) is 0.669. The predicted molar refractivity (Wildman–Crippen MR) is 66.3 cm³/mol. The third-order valence-corrected chi connectivity index (χ3v) is 3.14. The largest absolute Gasteiger partial charge is 0.327 e. The van der Waals surface area contributed by atoms with Crippen molar-refractivity contribution in [2.24, 2.45) is 11.7 Å². The minimum Gasteiger partial charge on any atom is -0.327 e. The minimum absolute atomic E-state index is 0.294. The number of halogens is 1. The van der Waals surface area contributed by atoms with Gasteiger partial charge in [-0.25, -0.2) is 4.98 Å². The highest BCUT2D eigenvalue weighted by atomic mass is 35.5. The molecule has 0 spiro atoms. The summed E-state index contributed by atoms with van der Waals surface area (Å²) in [6.45, 7) is 5.15. The first kappa shape index (κ1) is 11.8. The van der Waals surface area contributed by atoms with Gasteiger partial charge in [-0.2, -0.15) is 0 Å². The van der Waals surface area contributed by atoms with E-state index in [9.17, 15) is 0 Å². The first-order valence-electron chi connectivity index (χ1n) is 5.73. The molecule has 2 unspecified atom stereocenters. The quantitative estimate of drug-likeness (QED) is 0.802. The summed E-state index contributed by atoms with van der Waals surface area (Å²) in [4.78, 5) is 6.66. The second-order valence-corrected chi connectivity index (χ2v) is 5.13. The third kappa shape index (κ3) is 3.17. The van der Waals surface area contributed by atoms with Crippen LogP contribution in [-0.4, -0.2) is 29.0 Å². The van der Waals surface area contributed by atoms with E-state index in [2.05, 4.69) is 16.8 Å². The first-order valence-corrected chi connectivity index (χ1v) is 6.10. The van der Waals surface area contributed by atoms with Crippen LogP contribution in [0.4, 0.5) is 0 Å². The van der Waals surface area contributed by atoms with Gasteiger partial charge < -0.3 is 5.73 Å². The number of hydrogen-bond acceptors (Lipinski definition) is 3. The molecule has 0 saturated carbocycles. The summed E-state index contributed by atoms with van der Waals surface area (Å²) >= 11 is 5.87. The minimum atomic E-state index is 0.294. The van der Waals surface area contributed by atoms with Crippen molar-refractivity contribution in [3.8, 4) is 0 Å². The number of nitrogens with zero attached hydrogens (tertiary/aromatic N) is 2. The van der Waals surface area contributed by atoms with E-state index in [0.29, 0.717) is 17.1 Å². The molecule has 1 fully saturated rings. The summed E-state index contributed by atoms with van der Waals surface area (Å²) in [5.41, 5.74) is 7.03. The van der Waals surface area contributed by atoms with Crippen molar-refractivity contribution < 1.29 is 0 Å². The summed E-state index contributed by atoms with van der Waals surface area (Å²) < 4.78 is 0. The number of aromatic nitrogens is 1. The summed E-state index contributed by atoms with van der Waals surface area (Å²) in [7, 11) is 0. The lowest BCUT2D eigenvalue weighted by atomic mass is 9.96. The van der Waals surface area contributed by atoms with Crippen molar-refractivity contribution >= 4 is 11.6 Å². The fraction of sp³-hybridized carbons (Fsp3) is 0.583. The molecule has 0 amide bonds. The SMILES string of the molecule is CC1CC(N)CN(Cc2cccc(Cl)n2)C1. The Hall–Kier alpha value is -0.640. The van der Waals surface area contributed by atoms with Crippen molar-refractivity contribution in [3.63, 3.8) is 0 Å². The van der Waals surface area contributed by atoms with Crippen molar-refractivity contribution in [3.05, 3.63) is 29.0 Å². The summed E-state index contributed by atoms with van der Waals surface area (Å²) in [6, 6.07) is 6.05. The lowest BCUT2D eigenvalue weighted by Gasteiger charge is -2.34. The normalized spacial score (nSPS) is 26.9. The maximum Gasteiger partial charge on any atom is 0.129 e. The van der Waals surface area contributed by atoms with Gasteiger partial charge in [0.1, 0.15) is 5.15 Å². The number of pyridine rings is 1. The maximum atomic E-state index is 6.01. The third-order valence-electron chi connectivity index (χ3n) is 2.93. The van der Waals surface area contributed by atoms with E-state index in [-0.39, 0.29) is 0 Å². The van der Waals surface area contributed by atoms with Crippen LogP contribution in [0.3, 0.4) is 0 Å². The summed E-state index contributed by atoms with van der Waals surface area (Å²) in [6.07, 6.45) is 1.12. The van der Waals surface area contributed by atoms with Gasteiger partial charge in [-0.15, -0.1) is 0 Å². The van der Waals surface area contributed by atoms with Gasteiger partial charge in [0.25, 0.3) is 0 Å². The van der Waals surface area contributed by atoms with E-state index in [1.54, 1.807) is 6.07 Å². The number of nitrogens with two attached hydrogens (primary N) is 1. The van der Waals surface area contributed by atoms with Crippen LogP contribution in [0.1, 0.15) is 19.0 Å². The van der Waals surface area contributed by atoms with Crippen LogP contribution >= 0.6 is 11.6 Å². The number of likely N-dealkylation sites (tertiary alicyclic amines) is 1. The van der Waals surface area contributed by atoms with Gasteiger partial charge >= 0.3 is 0 Å². The van der Waals surface area contributed by atoms with E-state index in [0.717, 1.165) is 31.7 Å². The van der Waals surface area contributed by atoms with Crippen LogP contribution in [0.15, 0.2) is 18.2 Å². The highest BCUT2D eigenvalue weighted by Crippen LogP contribution is 2.17. The highest BCUT2D eigenvalue weighted by molar-refractivity contribution is 6.29. The molecule has 2 N–H and O–H groups in total. The van der Waals surface area contributed by atoms with E-state index < -0.39 is 0 Å². The monoisotopic (exact) mass is 239 g/mol. The van der Waals surface area contributed by atoms with Gasteiger partial charge in [0, 0.05) is 25.7 Å². The van der Waals surface area contributed by atoms with Gasteiger partial charge in [-0.3, -0.25) is 4.90 Å². The van der Waals surface area contributed by atoms with Crippen LogP contribution in [-0.2, 0) is 6.54 Å². The van der Waals surface area contributed by atoms with Gasteiger partial charge in [0.05, 0.1) is 5.69 Å². The van der Waals surface area contributed by atoms with Crippen LogP contribution < -0.4 is 5.73 Å². The van der Waals surface area contributed by atoms with Crippen molar-refractivity contribution in [1.82, 2.24) is 9.88 Å². The number of rotatable bonds is 2. The van der Waals surface area contributed by atoms with E-state index in [1.165, 1.54) is 0 Å². The molecular weight excluding hydrogens is 222 g/mol.